The maximum absolute atomic E-state index is 12.1. The van der Waals surface area contributed by atoms with Gasteiger partial charge in [0.1, 0.15) is 5.69 Å². The molecule has 0 aliphatic carbocycles. The van der Waals surface area contributed by atoms with Crippen LogP contribution in [0.2, 0.25) is 0 Å². The highest BCUT2D eigenvalue weighted by Gasteiger charge is 2.23. The first-order valence-corrected chi connectivity index (χ1v) is 5.95. The fourth-order valence-electron chi connectivity index (χ4n) is 1.60. The van der Waals surface area contributed by atoms with E-state index in [1.807, 2.05) is 0 Å². The quantitative estimate of drug-likeness (QED) is 0.830. The fourth-order valence-corrected chi connectivity index (χ4v) is 1.60. The van der Waals surface area contributed by atoms with Crippen LogP contribution >= 0.6 is 0 Å². The molecule has 0 aliphatic heterocycles. The molecule has 6 heteroatoms. The Morgan fingerprint density at radius 3 is 2.37 bits per heavy atom. The minimum Gasteiger partial charge on any atom is -0.478 e. The van der Waals surface area contributed by atoms with E-state index >= 15 is 0 Å². The van der Waals surface area contributed by atoms with Gasteiger partial charge in [0.2, 0.25) is 0 Å². The van der Waals surface area contributed by atoms with Gasteiger partial charge in [0.05, 0.1) is 11.2 Å². The number of pyridine rings is 1. The second kappa shape index (κ2) is 5.79. The Hall–Kier alpha value is -1.95. The molecule has 0 aliphatic rings. The summed E-state index contributed by atoms with van der Waals surface area (Å²) in [5.41, 5.74) is -0.801. The number of nitrogens with zero attached hydrogens (tertiary/aromatic N) is 2. The molecule has 0 unspecified atom stereocenters. The van der Waals surface area contributed by atoms with E-state index in [4.69, 9.17) is 5.11 Å². The van der Waals surface area contributed by atoms with E-state index in [9.17, 15) is 14.7 Å². The van der Waals surface area contributed by atoms with Gasteiger partial charge < -0.3 is 15.1 Å². The number of aromatic carboxylic acids is 1. The van der Waals surface area contributed by atoms with Gasteiger partial charge in [-0.25, -0.2) is 4.79 Å². The molecule has 1 aromatic heterocycles. The lowest BCUT2D eigenvalue weighted by atomic mass is 10.1. The van der Waals surface area contributed by atoms with Gasteiger partial charge in [-0.1, -0.05) is 0 Å². The molecule has 2 N–H and O–H groups in total. The highest BCUT2D eigenvalue weighted by molar-refractivity contribution is 5.93. The number of rotatable bonds is 5. The summed E-state index contributed by atoms with van der Waals surface area (Å²) in [6.45, 7) is 5.65. The van der Waals surface area contributed by atoms with Crippen molar-refractivity contribution in [2.45, 2.75) is 26.4 Å². The van der Waals surface area contributed by atoms with Crippen molar-refractivity contribution in [3.05, 3.63) is 29.6 Å². The molecule has 0 atom stereocenters. The first-order chi connectivity index (χ1) is 8.74. The second-order valence-electron chi connectivity index (χ2n) is 4.87. The van der Waals surface area contributed by atoms with E-state index in [1.54, 1.807) is 20.8 Å². The van der Waals surface area contributed by atoms with Crippen molar-refractivity contribution in [2.24, 2.45) is 0 Å². The average molecular weight is 266 g/mol. The number of aliphatic hydroxyl groups is 1. The molecular weight excluding hydrogens is 248 g/mol. The summed E-state index contributed by atoms with van der Waals surface area (Å²) in [4.78, 5) is 28.1. The summed E-state index contributed by atoms with van der Waals surface area (Å²) in [6, 6.07) is 2.71. The number of hydrogen-bond donors (Lipinski definition) is 2. The van der Waals surface area contributed by atoms with Crippen molar-refractivity contribution in [3.8, 4) is 0 Å². The highest BCUT2D eigenvalue weighted by Crippen LogP contribution is 2.09. The molecule has 0 saturated heterocycles. The average Bonchev–Trinajstić information content (AvgIpc) is 2.34. The molecular formula is C13H18N2O4. The van der Waals surface area contributed by atoms with Gasteiger partial charge in [-0.3, -0.25) is 9.78 Å². The Morgan fingerprint density at radius 1 is 1.37 bits per heavy atom. The summed E-state index contributed by atoms with van der Waals surface area (Å²) >= 11 is 0. The maximum Gasteiger partial charge on any atom is 0.337 e. The van der Waals surface area contributed by atoms with Crippen molar-refractivity contribution < 1.29 is 19.8 Å². The molecule has 0 radical (unpaired) electrons. The van der Waals surface area contributed by atoms with Gasteiger partial charge in [-0.15, -0.1) is 0 Å². The van der Waals surface area contributed by atoms with Gasteiger partial charge in [-0.2, -0.15) is 0 Å². The van der Waals surface area contributed by atoms with E-state index in [-0.39, 0.29) is 23.7 Å². The summed E-state index contributed by atoms with van der Waals surface area (Å²) in [6.07, 6.45) is 1.15. The van der Waals surface area contributed by atoms with Crippen molar-refractivity contribution in [3.63, 3.8) is 0 Å². The zero-order chi connectivity index (χ0) is 14.6. The Morgan fingerprint density at radius 2 is 2.00 bits per heavy atom. The summed E-state index contributed by atoms with van der Waals surface area (Å²) in [5.74, 6) is -1.42. The fraction of sp³-hybridized carbons (Fsp3) is 0.462. The van der Waals surface area contributed by atoms with Crippen LogP contribution in [0, 0.1) is 0 Å². The van der Waals surface area contributed by atoms with Crippen LogP contribution in [-0.2, 0) is 0 Å². The lowest BCUT2D eigenvalue weighted by Crippen LogP contribution is -2.42. The normalized spacial score (nSPS) is 11.2. The van der Waals surface area contributed by atoms with E-state index in [1.165, 1.54) is 17.0 Å². The van der Waals surface area contributed by atoms with E-state index in [0.717, 1.165) is 6.20 Å². The van der Waals surface area contributed by atoms with E-state index in [2.05, 4.69) is 4.98 Å². The third-order valence-corrected chi connectivity index (χ3v) is 2.48. The lowest BCUT2D eigenvalue weighted by Gasteiger charge is -2.27. The second-order valence-corrected chi connectivity index (χ2v) is 4.87. The molecule has 0 saturated carbocycles. The number of carbonyl (C=O) groups excluding carboxylic acids is 1. The molecule has 19 heavy (non-hydrogen) atoms. The van der Waals surface area contributed by atoms with Crippen molar-refractivity contribution in [2.75, 3.05) is 13.1 Å². The zero-order valence-electron chi connectivity index (χ0n) is 11.3. The Balaban J connectivity index is 2.88. The maximum atomic E-state index is 12.1. The first-order valence-electron chi connectivity index (χ1n) is 5.95. The topological polar surface area (TPSA) is 90.7 Å². The van der Waals surface area contributed by atoms with E-state index in [0.29, 0.717) is 6.54 Å². The SMILES string of the molecule is CCN(CC(C)(C)O)C(=O)c1ccc(C(=O)O)cn1. The van der Waals surface area contributed by atoms with Crippen LogP contribution in [0.1, 0.15) is 41.6 Å². The largest absolute Gasteiger partial charge is 0.478 e. The first kappa shape index (κ1) is 15.1. The molecule has 0 fully saturated rings. The molecule has 1 amide bonds. The predicted molar refractivity (Wildman–Crippen MR) is 69.1 cm³/mol. The molecule has 1 aromatic rings. The van der Waals surface area contributed by atoms with E-state index < -0.39 is 11.6 Å². The smallest absolute Gasteiger partial charge is 0.337 e. The Labute approximate surface area is 111 Å². The number of aromatic nitrogens is 1. The van der Waals surface area contributed by atoms with Gasteiger partial charge in [0.25, 0.3) is 5.91 Å². The van der Waals surface area contributed by atoms with Gasteiger partial charge in [0, 0.05) is 19.3 Å². The minimum absolute atomic E-state index is 0.0297. The number of hydrogen-bond acceptors (Lipinski definition) is 4. The van der Waals surface area contributed by atoms with Gasteiger partial charge in [0.15, 0.2) is 0 Å². The highest BCUT2D eigenvalue weighted by atomic mass is 16.4. The Kier molecular flexibility index (Phi) is 4.61. The van der Waals surface area contributed by atoms with Crippen LogP contribution in [0.3, 0.4) is 0 Å². The van der Waals surface area contributed by atoms with Gasteiger partial charge >= 0.3 is 5.97 Å². The number of carbonyl (C=O) groups is 2. The monoisotopic (exact) mass is 266 g/mol. The predicted octanol–water partition coefficient (Wildman–Crippen LogP) is 1.01. The van der Waals surface area contributed by atoms with Crippen LogP contribution in [-0.4, -0.2) is 50.7 Å². The summed E-state index contributed by atoms with van der Waals surface area (Å²) in [5, 5.41) is 18.5. The van der Waals surface area contributed by atoms with Crippen LogP contribution in [0.4, 0.5) is 0 Å². The van der Waals surface area contributed by atoms with Crippen molar-refractivity contribution in [1.29, 1.82) is 0 Å². The molecule has 0 bridgehead atoms. The number of carboxylic acid groups (broad SMARTS) is 1. The Bertz CT molecular complexity index is 463. The standard InChI is InChI=1S/C13H18N2O4/c1-4-15(8-13(2,3)19)11(16)10-6-5-9(7-14-10)12(17)18/h5-7,19H,4,8H2,1-3H3,(H,17,18). The van der Waals surface area contributed by atoms with Crippen molar-refractivity contribution in [1.82, 2.24) is 9.88 Å². The van der Waals surface area contributed by atoms with Gasteiger partial charge in [-0.05, 0) is 32.9 Å². The summed E-state index contributed by atoms with van der Waals surface area (Å²) < 4.78 is 0. The zero-order valence-corrected chi connectivity index (χ0v) is 11.3. The van der Waals surface area contributed by atoms with Crippen LogP contribution in [0.5, 0.6) is 0 Å². The van der Waals surface area contributed by atoms with Crippen LogP contribution in [0.15, 0.2) is 18.3 Å². The third kappa shape index (κ3) is 4.33. The molecule has 104 valence electrons. The molecule has 6 nitrogen and oxygen atoms in total. The molecule has 1 heterocycles. The number of carboxylic acids is 1. The minimum atomic E-state index is -1.09. The van der Waals surface area contributed by atoms with Crippen LogP contribution in [0.25, 0.3) is 0 Å². The van der Waals surface area contributed by atoms with Crippen LogP contribution < -0.4 is 0 Å². The van der Waals surface area contributed by atoms with Crippen molar-refractivity contribution >= 4 is 11.9 Å². The summed E-state index contributed by atoms with van der Waals surface area (Å²) in [7, 11) is 0. The molecule has 1 rings (SSSR count). The molecule has 0 aromatic carbocycles. The third-order valence-electron chi connectivity index (χ3n) is 2.48. The number of amides is 1. The molecule has 0 spiro atoms. The number of likely N-dealkylation sites (N-methyl/N-ethyl adjacent to an activating group) is 1. The lowest BCUT2D eigenvalue weighted by molar-refractivity contribution is 0.0311.